The van der Waals surface area contributed by atoms with E-state index >= 15 is 0 Å². The van der Waals surface area contributed by atoms with Crippen LogP contribution in [-0.2, 0) is 4.74 Å². The van der Waals surface area contributed by atoms with Crippen molar-refractivity contribution in [3.05, 3.63) is 30.0 Å². The van der Waals surface area contributed by atoms with Gasteiger partial charge in [-0.25, -0.2) is 9.78 Å². The number of hydrogen-bond donors (Lipinski definition) is 1. The summed E-state index contributed by atoms with van der Waals surface area (Å²) in [7, 11) is 0. The van der Waals surface area contributed by atoms with Gasteiger partial charge in [0.15, 0.2) is 11.4 Å². The van der Waals surface area contributed by atoms with Crippen LogP contribution in [0.3, 0.4) is 0 Å². The molecule has 0 radical (unpaired) electrons. The first-order chi connectivity index (χ1) is 10.2. The number of thioether (sulfide) groups is 1. The van der Waals surface area contributed by atoms with Crippen LogP contribution in [0.5, 0.6) is 5.75 Å². The van der Waals surface area contributed by atoms with E-state index in [-0.39, 0.29) is 11.4 Å². The molecule has 0 saturated carbocycles. The minimum absolute atomic E-state index is 0.000697. The Balaban J connectivity index is 2.43. The minimum Gasteiger partial charge on any atom is -0.505 e. The zero-order valence-electron chi connectivity index (χ0n) is 12.3. The third kappa shape index (κ3) is 3.47. The first-order valence-electron chi connectivity index (χ1n) is 7.10. The third-order valence-corrected chi connectivity index (χ3v) is 3.93. The molecular formula is C16H19NO3S. The molecule has 0 saturated heterocycles. The highest BCUT2D eigenvalue weighted by Crippen LogP contribution is 2.34. The van der Waals surface area contributed by atoms with E-state index in [1.165, 1.54) is 0 Å². The Bertz CT molecular complexity index is 643. The maximum atomic E-state index is 12.1. The number of carbonyl (C=O) groups excluding carboxylic acids is 1. The number of aromatic hydroxyl groups is 1. The van der Waals surface area contributed by atoms with Crippen molar-refractivity contribution in [3.63, 3.8) is 0 Å². The van der Waals surface area contributed by atoms with E-state index in [0.29, 0.717) is 12.0 Å². The number of ether oxygens (including phenoxy) is 1. The highest BCUT2D eigenvalue weighted by molar-refractivity contribution is 7.99. The summed E-state index contributed by atoms with van der Waals surface area (Å²) in [6.45, 7) is 4.39. The first kappa shape index (κ1) is 15.6. The zero-order valence-corrected chi connectivity index (χ0v) is 13.1. The van der Waals surface area contributed by atoms with Crippen molar-refractivity contribution in [2.45, 2.75) is 31.7 Å². The van der Waals surface area contributed by atoms with Gasteiger partial charge < -0.3 is 9.84 Å². The molecule has 0 unspecified atom stereocenters. The molecule has 0 bridgehead atoms. The van der Waals surface area contributed by atoms with Crippen molar-refractivity contribution in [1.29, 1.82) is 0 Å². The first-order valence-corrected chi connectivity index (χ1v) is 8.09. The molecule has 5 heteroatoms. The summed E-state index contributed by atoms with van der Waals surface area (Å²) in [5, 5.41) is 12.5. The van der Waals surface area contributed by atoms with Gasteiger partial charge in [-0.2, -0.15) is 0 Å². The molecule has 0 fully saturated rings. The molecule has 0 spiro atoms. The van der Waals surface area contributed by atoms with Crippen LogP contribution in [0, 0.1) is 0 Å². The number of fused-ring (bicyclic) bond motifs is 1. The molecule has 0 aliphatic rings. The lowest BCUT2D eigenvalue weighted by molar-refractivity contribution is 0.0489. The summed E-state index contributed by atoms with van der Waals surface area (Å²) in [5.41, 5.74) is 0.000697. The highest BCUT2D eigenvalue weighted by atomic mass is 32.2. The zero-order chi connectivity index (χ0) is 15.2. The number of unbranched alkanes of at least 4 members (excludes halogenated alkanes) is 1. The third-order valence-electron chi connectivity index (χ3n) is 3.06. The summed E-state index contributed by atoms with van der Waals surface area (Å²) in [6.07, 6.45) is 1.75. The molecule has 0 atom stereocenters. The second-order valence-corrected chi connectivity index (χ2v) is 5.83. The van der Waals surface area contributed by atoms with Gasteiger partial charge in [-0.1, -0.05) is 44.5 Å². The quantitative estimate of drug-likeness (QED) is 0.496. The van der Waals surface area contributed by atoms with Crippen molar-refractivity contribution >= 4 is 28.5 Å². The summed E-state index contributed by atoms with van der Waals surface area (Å²) in [4.78, 5) is 16.4. The van der Waals surface area contributed by atoms with Gasteiger partial charge in [0.05, 0.1) is 6.61 Å². The second kappa shape index (κ2) is 7.31. The van der Waals surface area contributed by atoms with Gasteiger partial charge in [0.25, 0.3) is 0 Å². The van der Waals surface area contributed by atoms with E-state index in [0.717, 1.165) is 29.0 Å². The van der Waals surface area contributed by atoms with Crippen LogP contribution >= 0.6 is 11.8 Å². The number of hydrogen-bond acceptors (Lipinski definition) is 5. The average Bonchev–Trinajstić information content (AvgIpc) is 2.50. The number of pyridine rings is 1. The lowest BCUT2D eigenvalue weighted by Crippen LogP contribution is -2.09. The van der Waals surface area contributed by atoms with Gasteiger partial charge in [-0.15, -0.1) is 11.8 Å². The van der Waals surface area contributed by atoms with Crippen molar-refractivity contribution < 1.29 is 14.6 Å². The Labute approximate surface area is 128 Å². The minimum atomic E-state index is -0.565. The van der Waals surface area contributed by atoms with E-state index in [2.05, 4.69) is 4.98 Å². The van der Waals surface area contributed by atoms with Gasteiger partial charge in [0.1, 0.15) is 5.03 Å². The molecule has 1 aromatic heterocycles. The highest BCUT2D eigenvalue weighted by Gasteiger charge is 2.20. The molecule has 4 nitrogen and oxygen atoms in total. The molecule has 1 N–H and O–H groups in total. The standard InChI is InChI=1S/C16H19NO3S/c1-3-5-10-20-16(19)13-14(18)11-8-6-7-9-12(11)15(17-13)21-4-2/h6-9,18H,3-5,10H2,1-2H3. The summed E-state index contributed by atoms with van der Waals surface area (Å²) >= 11 is 1.54. The predicted octanol–water partition coefficient (Wildman–Crippen LogP) is 4.01. The maximum Gasteiger partial charge on any atom is 0.360 e. The summed E-state index contributed by atoms with van der Waals surface area (Å²) < 4.78 is 5.16. The van der Waals surface area contributed by atoms with Crippen LogP contribution in [0.15, 0.2) is 29.3 Å². The number of aromatic nitrogens is 1. The Morgan fingerprint density at radius 2 is 2.00 bits per heavy atom. The van der Waals surface area contributed by atoms with Crippen molar-refractivity contribution in [3.8, 4) is 5.75 Å². The summed E-state index contributed by atoms with van der Waals surface area (Å²) in [6, 6.07) is 7.40. The Kier molecular flexibility index (Phi) is 5.44. The van der Waals surface area contributed by atoms with Crippen LogP contribution < -0.4 is 0 Å². The van der Waals surface area contributed by atoms with Crippen molar-refractivity contribution in [1.82, 2.24) is 4.98 Å². The Morgan fingerprint density at radius 3 is 2.67 bits per heavy atom. The SMILES string of the molecule is CCCCOC(=O)c1nc(SCC)c2ccccc2c1O. The van der Waals surface area contributed by atoms with Gasteiger partial charge in [-0.3, -0.25) is 0 Å². The van der Waals surface area contributed by atoms with Gasteiger partial charge in [-0.05, 0) is 12.2 Å². The Hall–Kier alpha value is -1.75. The van der Waals surface area contributed by atoms with E-state index in [9.17, 15) is 9.90 Å². The van der Waals surface area contributed by atoms with Gasteiger partial charge >= 0.3 is 5.97 Å². The molecule has 2 rings (SSSR count). The van der Waals surface area contributed by atoms with Crippen molar-refractivity contribution in [2.24, 2.45) is 0 Å². The maximum absolute atomic E-state index is 12.1. The van der Waals surface area contributed by atoms with E-state index in [1.54, 1.807) is 17.8 Å². The van der Waals surface area contributed by atoms with Crippen LogP contribution in [0.1, 0.15) is 37.2 Å². The fraction of sp³-hybridized carbons (Fsp3) is 0.375. The molecule has 0 amide bonds. The molecule has 112 valence electrons. The van der Waals surface area contributed by atoms with Crippen LogP contribution in [0.25, 0.3) is 10.8 Å². The monoisotopic (exact) mass is 305 g/mol. The smallest absolute Gasteiger partial charge is 0.360 e. The number of nitrogens with zero attached hydrogens (tertiary/aromatic N) is 1. The van der Waals surface area contributed by atoms with Crippen molar-refractivity contribution in [2.75, 3.05) is 12.4 Å². The molecular weight excluding hydrogens is 286 g/mol. The topological polar surface area (TPSA) is 59.4 Å². The van der Waals surface area contributed by atoms with E-state index in [1.807, 2.05) is 32.0 Å². The lowest BCUT2D eigenvalue weighted by Gasteiger charge is -2.11. The number of benzene rings is 1. The van der Waals surface area contributed by atoms with Crippen LogP contribution in [0.2, 0.25) is 0 Å². The number of carbonyl (C=O) groups is 1. The molecule has 1 heterocycles. The fourth-order valence-corrected chi connectivity index (χ4v) is 2.75. The van der Waals surface area contributed by atoms with E-state index in [4.69, 9.17) is 4.74 Å². The van der Waals surface area contributed by atoms with Crippen LogP contribution in [-0.4, -0.2) is 28.4 Å². The number of esters is 1. The normalized spacial score (nSPS) is 10.8. The molecule has 1 aromatic carbocycles. The largest absolute Gasteiger partial charge is 0.505 e. The second-order valence-electron chi connectivity index (χ2n) is 4.58. The fourth-order valence-electron chi connectivity index (χ4n) is 1.99. The Morgan fingerprint density at radius 1 is 1.29 bits per heavy atom. The molecule has 2 aromatic rings. The lowest BCUT2D eigenvalue weighted by atomic mass is 10.1. The predicted molar refractivity (Wildman–Crippen MR) is 85.0 cm³/mol. The number of rotatable bonds is 6. The molecule has 21 heavy (non-hydrogen) atoms. The van der Waals surface area contributed by atoms with Gasteiger partial charge in [0.2, 0.25) is 0 Å². The average molecular weight is 305 g/mol. The summed E-state index contributed by atoms with van der Waals surface area (Å²) in [5.74, 6) is 0.170. The van der Waals surface area contributed by atoms with Crippen LogP contribution in [0.4, 0.5) is 0 Å². The molecule has 0 aliphatic carbocycles. The van der Waals surface area contributed by atoms with Gasteiger partial charge in [0, 0.05) is 10.8 Å². The van der Waals surface area contributed by atoms with E-state index < -0.39 is 5.97 Å². The molecule has 0 aliphatic heterocycles.